The van der Waals surface area contributed by atoms with Crippen molar-refractivity contribution in [3.05, 3.63) is 68.6 Å². The summed E-state index contributed by atoms with van der Waals surface area (Å²) in [5, 5.41) is 3.16. The molecule has 0 aliphatic heterocycles. The average molecular weight is 336 g/mol. The molecule has 2 aromatic rings. The first-order valence-electron chi connectivity index (χ1n) is 9.23. The summed E-state index contributed by atoms with van der Waals surface area (Å²) in [6.07, 6.45) is 7.02. The van der Waals surface area contributed by atoms with Crippen LogP contribution in [0.25, 0.3) is 0 Å². The van der Waals surface area contributed by atoms with E-state index < -0.39 is 5.54 Å². The molecule has 1 atom stereocenters. The minimum absolute atomic E-state index is 0.241. The molecule has 130 valence electrons. The molecule has 4 heteroatoms. The van der Waals surface area contributed by atoms with Crippen molar-refractivity contribution in [3.63, 3.8) is 0 Å². The average Bonchev–Trinajstić information content (AvgIpc) is 2.61. The van der Waals surface area contributed by atoms with Crippen molar-refractivity contribution in [3.8, 4) is 0 Å². The highest BCUT2D eigenvalue weighted by Crippen LogP contribution is 2.35. The number of aromatic amines is 1. The Morgan fingerprint density at radius 3 is 2.72 bits per heavy atom. The first-order chi connectivity index (χ1) is 12.1. The van der Waals surface area contributed by atoms with E-state index >= 15 is 0 Å². The molecule has 25 heavy (non-hydrogen) atoms. The lowest BCUT2D eigenvalue weighted by atomic mass is 9.77. The number of amides is 1. The molecule has 0 saturated heterocycles. The van der Waals surface area contributed by atoms with Gasteiger partial charge in [0.15, 0.2) is 0 Å². The molecule has 1 amide bonds. The van der Waals surface area contributed by atoms with Crippen molar-refractivity contribution < 1.29 is 4.79 Å². The standard InChI is InChI=1S/C21H24N2O2/c1-21(12-6-9-14-7-2-4-10-17(14)21)23-20(25)16-13-15-8-3-5-11-18(15)22-19(16)24/h2,4,7,10,13H,3,5-6,8-9,11-12H2,1H3,(H,22,24)(H,23,25)/t21-/m0/s1. The Bertz CT molecular complexity index is 884. The summed E-state index contributed by atoms with van der Waals surface area (Å²) in [5.74, 6) is -0.270. The predicted molar refractivity (Wildman–Crippen MR) is 97.9 cm³/mol. The van der Waals surface area contributed by atoms with E-state index in [0.29, 0.717) is 0 Å². The third kappa shape index (κ3) is 2.90. The maximum Gasteiger partial charge on any atom is 0.261 e. The number of carbonyl (C=O) groups excluding carboxylic acids is 1. The number of rotatable bonds is 2. The van der Waals surface area contributed by atoms with Gasteiger partial charge in [-0.2, -0.15) is 0 Å². The molecule has 2 N–H and O–H groups in total. The van der Waals surface area contributed by atoms with Gasteiger partial charge < -0.3 is 10.3 Å². The Labute approximate surface area is 147 Å². The quantitative estimate of drug-likeness (QED) is 0.884. The van der Waals surface area contributed by atoms with E-state index in [4.69, 9.17) is 0 Å². The van der Waals surface area contributed by atoms with E-state index in [1.165, 1.54) is 11.1 Å². The van der Waals surface area contributed by atoms with Crippen LogP contribution in [0.5, 0.6) is 0 Å². The molecule has 1 aromatic heterocycles. The van der Waals surface area contributed by atoms with Gasteiger partial charge in [0, 0.05) is 5.69 Å². The van der Waals surface area contributed by atoms with Gasteiger partial charge in [-0.15, -0.1) is 0 Å². The molecular formula is C21H24N2O2. The van der Waals surface area contributed by atoms with Crippen LogP contribution in [0.4, 0.5) is 0 Å². The molecule has 0 radical (unpaired) electrons. The fraction of sp³-hybridized carbons (Fsp3) is 0.429. The number of hydrogen-bond acceptors (Lipinski definition) is 2. The predicted octanol–water partition coefficient (Wildman–Crippen LogP) is 3.24. The van der Waals surface area contributed by atoms with Crippen LogP contribution in [0.2, 0.25) is 0 Å². The number of H-pyrrole nitrogens is 1. The van der Waals surface area contributed by atoms with Crippen LogP contribution in [-0.2, 0) is 24.8 Å². The van der Waals surface area contributed by atoms with Crippen LogP contribution in [0.3, 0.4) is 0 Å². The molecule has 0 bridgehead atoms. The highest BCUT2D eigenvalue weighted by atomic mass is 16.2. The van der Waals surface area contributed by atoms with Crippen LogP contribution in [0.1, 0.15) is 65.3 Å². The summed E-state index contributed by atoms with van der Waals surface area (Å²) in [4.78, 5) is 28.2. The number of fused-ring (bicyclic) bond motifs is 2. The fourth-order valence-corrected chi connectivity index (χ4v) is 4.33. The second-order valence-electron chi connectivity index (χ2n) is 7.52. The SMILES string of the molecule is C[C@]1(NC(=O)c2cc3c([nH]c2=O)CCCC3)CCCc2ccccc21. The normalized spacial score (nSPS) is 22.0. The third-order valence-electron chi connectivity index (χ3n) is 5.71. The number of benzene rings is 1. The van der Waals surface area contributed by atoms with Crippen molar-refractivity contribution in [1.82, 2.24) is 10.3 Å². The summed E-state index contributed by atoms with van der Waals surface area (Å²) < 4.78 is 0. The van der Waals surface area contributed by atoms with Crippen LogP contribution >= 0.6 is 0 Å². The van der Waals surface area contributed by atoms with Gasteiger partial charge in [0.25, 0.3) is 11.5 Å². The number of hydrogen-bond donors (Lipinski definition) is 2. The van der Waals surface area contributed by atoms with Crippen LogP contribution < -0.4 is 10.9 Å². The number of pyridine rings is 1. The molecule has 0 saturated carbocycles. The highest BCUT2D eigenvalue weighted by molar-refractivity contribution is 5.94. The second kappa shape index (κ2) is 6.17. The first kappa shape index (κ1) is 16.1. The van der Waals surface area contributed by atoms with E-state index in [1.54, 1.807) is 6.07 Å². The van der Waals surface area contributed by atoms with Gasteiger partial charge in [-0.1, -0.05) is 24.3 Å². The second-order valence-corrected chi connectivity index (χ2v) is 7.52. The van der Waals surface area contributed by atoms with Crippen molar-refractivity contribution >= 4 is 5.91 Å². The van der Waals surface area contributed by atoms with Gasteiger partial charge in [0.1, 0.15) is 5.56 Å². The van der Waals surface area contributed by atoms with Gasteiger partial charge in [0.2, 0.25) is 0 Å². The summed E-state index contributed by atoms with van der Waals surface area (Å²) in [7, 11) is 0. The molecule has 0 spiro atoms. The van der Waals surface area contributed by atoms with Gasteiger partial charge >= 0.3 is 0 Å². The number of aryl methyl sites for hydroxylation is 3. The molecule has 1 aromatic carbocycles. The molecular weight excluding hydrogens is 312 g/mol. The highest BCUT2D eigenvalue weighted by Gasteiger charge is 2.34. The Kier molecular flexibility index (Phi) is 3.98. The van der Waals surface area contributed by atoms with Gasteiger partial charge in [-0.3, -0.25) is 9.59 Å². The maximum absolute atomic E-state index is 12.9. The molecule has 2 aliphatic rings. The van der Waals surface area contributed by atoms with E-state index in [1.807, 2.05) is 12.1 Å². The van der Waals surface area contributed by atoms with Gasteiger partial charge in [-0.25, -0.2) is 0 Å². The molecule has 4 rings (SSSR count). The first-order valence-corrected chi connectivity index (χ1v) is 9.23. The summed E-state index contributed by atoms with van der Waals surface area (Å²) in [6, 6.07) is 10.1. The fourth-order valence-electron chi connectivity index (χ4n) is 4.33. The van der Waals surface area contributed by atoms with E-state index in [0.717, 1.165) is 56.2 Å². The Hall–Kier alpha value is -2.36. The number of nitrogens with one attached hydrogen (secondary N) is 2. The van der Waals surface area contributed by atoms with Gasteiger partial charge in [0.05, 0.1) is 5.54 Å². The topological polar surface area (TPSA) is 62.0 Å². The summed E-state index contributed by atoms with van der Waals surface area (Å²) in [6.45, 7) is 2.06. The summed E-state index contributed by atoms with van der Waals surface area (Å²) >= 11 is 0. The molecule has 0 unspecified atom stereocenters. The zero-order valence-corrected chi connectivity index (χ0v) is 14.7. The molecule has 2 aliphatic carbocycles. The summed E-state index contributed by atoms with van der Waals surface area (Å²) in [5.41, 5.74) is 4.12. The zero-order chi connectivity index (χ0) is 17.4. The van der Waals surface area contributed by atoms with Crippen molar-refractivity contribution in [2.75, 3.05) is 0 Å². The molecule has 4 nitrogen and oxygen atoms in total. The Morgan fingerprint density at radius 2 is 1.84 bits per heavy atom. The Morgan fingerprint density at radius 1 is 1.08 bits per heavy atom. The number of carbonyl (C=O) groups is 1. The monoisotopic (exact) mass is 336 g/mol. The minimum atomic E-state index is -0.422. The van der Waals surface area contributed by atoms with E-state index in [9.17, 15) is 9.59 Å². The molecule has 0 fully saturated rings. The van der Waals surface area contributed by atoms with Crippen molar-refractivity contribution in [1.29, 1.82) is 0 Å². The Balaban J connectivity index is 1.66. The van der Waals surface area contributed by atoms with Crippen LogP contribution in [0.15, 0.2) is 35.1 Å². The van der Waals surface area contributed by atoms with E-state index in [2.05, 4.69) is 29.4 Å². The van der Waals surface area contributed by atoms with Gasteiger partial charge in [-0.05, 0) is 74.6 Å². The zero-order valence-electron chi connectivity index (χ0n) is 14.7. The van der Waals surface area contributed by atoms with Crippen molar-refractivity contribution in [2.45, 2.75) is 57.4 Å². The lowest BCUT2D eigenvalue weighted by Gasteiger charge is -2.37. The third-order valence-corrected chi connectivity index (χ3v) is 5.71. The van der Waals surface area contributed by atoms with E-state index in [-0.39, 0.29) is 17.0 Å². The maximum atomic E-state index is 12.9. The minimum Gasteiger partial charge on any atom is -0.343 e. The smallest absolute Gasteiger partial charge is 0.261 e. The lowest BCUT2D eigenvalue weighted by molar-refractivity contribution is 0.0893. The number of aromatic nitrogens is 1. The van der Waals surface area contributed by atoms with Crippen LogP contribution in [-0.4, -0.2) is 10.9 Å². The largest absolute Gasteiger partial charge is 0.343 e. The lowest BCUT2D eigenvalue weighted by Crippen LogP contribution is -2.47. The molecule has 1 heterocycles. The van der Waals surface area contributed by atoms with Crippen molar-refractivity contribution in [2.24, 2.45) is 0 Å². The van der Waals surface area contributed by atoms with Crippen LogP contribution in [0, 0.1) is 0 Å².